The molecule has 0 radical (unpaired) electrons. The second-order valence-corrected chi connectivity index (χ2v) is 5.41. The summed E-state index contributed by atoms with van der Waals surface area (Å²) in [7, 11) is 0. The van der Waals surface area contributed by atoms with E-state index in [0.29, 0.717) is 0 Å². The van der Waals surface area contributed by atoms with Gasteiger partial charge in [-0.2, -0.15) is 0 Å². The van der Waals surface area contributed by atoms with Crippen LogP contribution in [0.4, 0.5) is 0 Å². The second-order valence-electron chi connectivity index (χ2n) is 5.41. The van der Waals surface area contributed by atoms with Crippen LogP contribution >= 0.6 is 0 Å². The quantitative estimate of drug-likeness (QED) is 0.711. The van der Waals surface area contributed by atoms with Gasteiger partial charge in [0.25, 0.3) is 0 Å². The van der Waals surface area contributed by atoms with Crippen LogP contribution in [0.5, 0.6) is 0 Å². The lowest BCUT2D eigenvalue weighted by molar-refractivity contribution is 0.189. The maximum absolute atomic E-state index is 5.74. The lowest BCUT2D eigenvalue weighted by Crippen LogP contribution is -2.28. The molecule has 2 saturated carbocycles. The van der Waals surface area contributed by atoms with Gasteiger partial charge in [-0.15, -0.1) is 0 Å². The summed E-state index contributed by atoms with van der Waals surface area (Å²) in [6, 6.07) is 0. The smallest absolute Gasteiger partial charge is 0.00489 e. The predicted molar refractivity (Wildman–Crippen MR) is 56.3 cm³/mol. The van der Waals surface area contributed by atoms with Crippen LogP contribution in [0.2, 0.25) is 0 Å². The van der Waals surface area contributed by atoms with Crippen molar-refractivity contribution in [3.8, 4) is 0 Å². The Kier molecular flexibility index (Phi) is 2.64. The fourth-order valence-electron chi connectivity index (χ4n) is 3.57. The molecule has 5 unspecified atom stereocenters. The monoisotopic (exact) mass is 181 g/mol. The van der Waals surface area contributed by atoms with Crippen LogP contribution in [0.3, 0.4) is 0 Å². The van der Waals surface area contributed by atoms with E-state index < -0.39 is 0 Å². The van der Waals surface area contributed by atoms with E-state index in [-0.39, 0.29) is 0 Å². The maximum atomic E-state index is 5.74. The summed E-state index contributed by atoms with van der Waals surface area (Å²) in [5.41, 5.74) is 5.74. The molecular weight excluding hydrogens is 158 g/mol. The first-order valence-electron chi connectivity index (χ1n) is 5.92. The third kappa shape index (κ3) is 1.63. The highest BCUT2D eigenvalue weighted by Gasteiger charge is 2.42. The molecule has 0 aromatic rings. The Hall–Kier alpha value is -0.0400. The van der Waals surface area contributed by atoms with E-state index >= 15 is 0 Å². The van der Waals surface area contributed by atoms with Gasteiger partial charge in [0, 0.05) is 0 Å². The molecular formula is C12H23N. The minimum absolute atomic E-state index is 0.726. The van der Waals surface area contributed by atoms with Gasteiger partial charge in [-0.1, -0.05) is 20.3 Å². The number of hydrogen-bond donors (Lipinski definition) is 1. The van der Waals surface area contributed by atoms with Gasteiger partial charge in [0.05, 0.1) is 0 Å². The Morgan fingerprint density at radius 1 is 1.23 bits per heavy atom. The van der Waals surface area contributed by atoms with E-state index in [2.05, 4.69) is 13.8 Å². The summed E-state index contributed by atoms with van der Waals surface area (Å²) < 4.78 is 0. The van der Waals surface area contributed by atoms with Crippen LogP contribution in [0.1, 0.15) is 39.5 Å². The highest BCUT2D eigenvalue weighted by atomic mass is 14.6. The molecule has 2 rings (SSSR count). The van der Waals surface area contributed by atoms with Crippen LogP contribution in [0, 0.1) is 29.6 Å². The molecule has 76 valence electrons. The van der Waals surface area contributed by atoms with Crippen molar-refractivity contribution in [2.75, 3.05) is 6.54 Å². The average molecular weight is 181 g/mol. The van der Waals surface area contributed by atoms with Gasteiger partial charge < -0.3 is 5.73 Å². The molecule has 2 fully saturated rings. The molecule has 0 heterocycles. The van der Waals surface area contributed by atoms with Crippen molar-refractivity contribution in [2.45, 2.75) is 39.5 Å². The summed E-state index contributed by atoms with van der Waals surface area (Å²) in [5.74, 6) is 4.75. The molecule has 0 spiro atoms. The molecule has 2 N–H and O–H groups in total. The number of hydrogen-bond acceptors (Lipinski definition) is 1. The lowest BCUT2D eigenvalue weighted by atomic mass is 9.75. The van der Waals surface area contributed by atoms with Crippen molar-refractivity contribution in [1.82, 2.24) is 0 Å². The maximum Gasteiger partial charge on any atom is -0.00489 e. The summed E-state index contributed by atoms with van der Waals surface area (Å²) in [6.07, 6.45) is 6.07. The van der Waals surface area contributed by atoms with Crippen molar-refractivity contribution in [3.63, 3.8) is 0 Å². The minimum atomic E-state index is 0.726. The largest absolute Gasteiger partial charge is 0.330 e. The van der Waals surface area contributed by atoms with E-state index in [4.69, 9.17) is 5.73 Å². The van der Waals surface area contributed by atoms with Gasteiger partial charge in [-0.3, -0.25) is 0 Å². The predicted octanol–water partition coefficient (Wildman–Crippen LogP) is 2.65. The summed E-state index contributed by atoms with van der Waals surface area (Å²) >= 11 is 0. The molecule has 0 amide bonds. The van der Waals surface area contributed by atoms with Gasteiger partial charge in [-0.25, -0.2) is 0 Å². The van der Waals surface area contributed by atoms with E-state index in [1.165, 1.54) is 25.7 Å². The molecule has 0 aromatic carbocycles. The zero-order valence-electron chi connectivity index (χ0n) is 9.00. The Balaban J connectivity index is 1.94. The van der Waals surface area contributed by atoms with E-state index in [9.17, 15) is 0 Å². The molecule has 1 nitrogen and oxygen atoms in total. The van der Waals surface area contributed by atoms with Gasteiger partial charge >= 0.3 is 0 Å². The molecule has 5 atom stereocenters. The van der Waals surface area contributed by atoms with Crippen LogP contribution in [-0.4, -0.2) is 6.54 Å². The van der Waals surface area contributed by atoms with Gasteiger partial charge in [0.2, 0.25) is 0 Å². The van der Waals surface area contributed by atoms with E-state index in [1.807, 2.05) is 0 Å². The summed E-state index contributed by atoms with van der Waals surface area (Å²) in [6.45, 7) is 5.61. The second kappa shape index (κ2) is 3.61. The highest BCUT2D eigenvalue weighted by molar-refractivity contribution is 4.92. The Morgan fingerprint density at radius 2 is 2.00 bits per heavy atom. The Morgan fingerprint density at radius 3 is 2.46 bits per heavy atom. The third-order valence-electron chi connectivity index (χ3n) is 4.74. The number of nitrogens with two attached hydrogens (primary N) is 1. The molecule has 2 aliphatic carbocycles. The van der Waals surface area contributed by atoms with Crippen molar-refractivity contribution in [2.24, 2.45) is 35.3 Å². The molecule has 0 aliphatic heterocycles. The molecule has 0 saturated heterocycles. The Labute approximate surface area is 82.1 Å². The molecule has 0 aromatic heterocycles. The SMILES string of the molecule is CC(CN)C(C)C1CC2CCC1C2. The zero-order valence-corrected chi connectivity index (χ0v) is 9.00. The van der Waals surface area contributed by atoms with Crippen molar-refractivity contribution < 1.29 is 0 Å². The van der Waals surface area contributed by atoms with Crippen molar-refractivity contribution in [3.05, 3.63) is 0 Å². The molecule has 13 heavy (non-hydrogen) atoms. The first-order valence-corrected chi connectivity index (χ1v) is 5.92. The van der Waals surface area contributed by atoms with Crippen LogP contribution in [0.15, 0.2) is 0 Å². The van der Waals surface area contributed by atoms with Crippen LogP contribution in [-0.2, 0) is 0 Å². The minimum Gasteiger partial charge on any atom is -0.330 e. The van der Waals surface area contributed by atoms with Crippen LogP contribution < -0.4 is 5.73 Å². The zero-order chi connectivity index (χ0) is 9.42. The topological polar surface area (TPSA) is 26.0 Å². The molecule has 2 bridgehead atoms. The van der Waals surface area contributed by atoms with Crippen molar-refractivity contribution >= 4 is 0 Å². The lowest BCUT2D eigenvalue weighted by Gasteiger charge is -2.31. The number of fused-ring (bicyclic) bond motifs is 2. The highest BCUT2D eigenvalue weighted by Crippen LogP contribution is 2.52. The Bertz CT molecular complexity index is 178. The standard InChI is InChI=1S/C12H23N/c1-8(7-13)9(2)12-6-10-3-4-11(12)5-10/h8-12H,3-7,13H2,1-2H3. The van der Waals surface area contributed by atoms with Gasteiger partial charge in [0.1, 0.15) is 0 Å². The van der Waals surface area contributed by atoms with Gasteiger partial charge in [-0.05, 0) is 55.4 Å². The normalized spacial score (nSPS) is 42.2. The first-order chi connectivity index (χ1) is 6.22. The van der Waals surface area contributed by atoms with Crippen molar-refractivity contribution in [1.29, 1.82) is 0 Å². The van der Waals surface area contributed by atoms with E-state index in [1.54, 1.807) is 0 Å². The summed E-state index contributed by atoms with van der Waals surface area (Å²) in [5, 5.41) is 0. The fourth-order valence-corrected chi connectivity index (χ4v) is 3.57. The van der Waals surface area contributed by atoms with E-state index in [0.717, 1.165) is 36.1 Å². The summed E-state index contributed by atoms with van der Waals surface area (Å²) in [4.78, 5) is 0. The third-order valence-corrected chi connectivity index (χ3v) is 4.74. The fraction of sp³-hybridized carbons (Fsp3) is 1.00. The van der Waals surface area contributed by atoms with Crippen LogP contribution in [0.25, 0.3) is 0 Å². The van der Waals surface area contributed by atoms with Gasteiger partial charge in [0.15, 0.2) is 0 Å². The average Bonchev–Trinajstić information content (AvgIpc) is 2.76. The molecule has 1 heteroatoms. The first kappa shape index (κ1) is 9.51. The molecule has 2 aliphatic rings. The number of rotatable bonds is 3.